The predicted octanol–water partition coefficient (Wildman–Crippen LogP) is 3.86. The standard InChI is InChI=1S/C17H22O3/c1-2-11-20-12-13-3-5-14(6-4-13)15-7-9-16(10-8-15)17(18)19/h2,7-10,13-14H,1,3-6,11-12H2,(H,18,19). The molecule has 1 saturated carbocycles. The minimum Gasteiger partial charge on any atom is -0.478 e. The summed E-state index contributed by atoms with van der Waals surface area (Å²) in [4.78, 5) is 10.8. The highest BCUT2D eigenvalue weighted by molar-refractivity contribution is 5.87. The van der Waals surface area contributed by atoms with Crippen LogP contribution in [0.3, 0.4) is 0 Å². The number of carboxylic acids is 1. The third-order valence-corrected chi connectivity index (χ3v) is 4.07. The van der Waals surface area contributed by atoms with Gasteiger partial charge in [0.05, 0.1) is 12.2 Å². The van der Waals surface area contributed by atoms with Crippen LogP contribution in [0.2, 0.25) is 0 Å². The van der Waals surface area contributed by atoms with Gasteiger partial charge in [0, 0.05) is 6.61 Å². The van der Waals surface area contributed by atoms with E-state index >= 15 is 0 Å². The molecule has 1 fully saturated rings. The predicted molar refractivity (Wildman–Crippen MR) is 79.1 cm³/mol. The van der Waals surface area contributed by atoms with Crippen LogP contribution in [0.5, 0.6) is 0 Å². The molecule has 0 aromatic heterocycles. The van der Waals surface area contributed by atoms with E-state index in [1.807, 2.05) is 12.1 Å². The van der Waals surface area contributed by atoms with Crippen molar-refractivity contribution < 1.29 is 14.6 Å². The highest BCUT2D eigenvalue weighted by atomic mass is 16.5. The van der Waals surface area contributed by atoms with Crippen LogP contribution in [0.15, 0.2) is 36.9 Å². The number of hydrogen-bond acceptors (Lipinski definition) is 2. The van der Waals surface area contributed by atoms with Crippen molar-refractivity contribution in [2.24, 2.45) is 5.92 Å². The van der Waals surface area contributed by atoms with E-state index in [1.54, 1.807) is 18.2 Å². The third kappa shape index (κ3) is 3.94. The van der Waals surface area contributed by atoms with Crippen LogP contribution in [0.4, 0.5) is 0 Å². The Hall–Kier alpha value is -1.61. The molecule has 0 radical (unpaired) electrons. The van der Waals surface area contributed by atoms with Gasteiger partial charge in [-0.05, 0) is 55.2 Å². The van der Waals surface area contributed by atoms with Crippen LogP contribution in [0.25, 0.3) is 0 Å². The maximum absolute atomic E-state index is 10.8. The van der Waals surface area contributed by atoms with Crippen molar-refractivity contribution in [3.05, 3.63) is 48.0 Å². The van der Waals surface area contributed by atoms with E-state index in [9.17, 15) is 4.79 Å². The molecule has 0 bridgehead atoms. The highest BCUT2D eigenvalue weighted by Gasteiger charge is 2.22. The maximum atomic E-state index is 10.8. The van der Waals surface area contributed by atoms with Gasteiger partial charge < -0.3 is 9.84 Å². The average molecular weight is 274 g/mol. The SMILES string of the molecule is C=CCOCC1CCC(c2ccc(C(=O)O)cc2)CC1. The van der Waals surface area contributed by atoms with Crippen molar-refractivity contribution >= 4 is 5.97 Å². The van der Waals surface area contributed by atoms with Gasteiger partial charge in [0.1, 0.15) is 0 Å². The van der Waals surface area contributed by atoms with E-state index in [1.165, 1.54) is 18.4 Å². The molecule has 2 rings (SSSR count). The van der Waals surface area contributed by atoms with Crippen LogP contribution < -0.4 is 0 Å². The van der Waals surface area contributed by atoms with Crippen molar-refractivity contribution in [1.82, 2.24) is 0 Å². The number of benzene rings is 1. The van der Waals surface area contributed by atoms with E-state index in [4.69, 9.17) is 9.84 Å². The van der Waals surface area contributed by atoms with E-state index in [0.29, 0.717) is 24.0 Å². The van der Waals surface area contributed by atoms with Gasteiger partial charge in [-0.2, -0.15) is 0 Å². The van der Waals surface area contributed by atoms with Crippen LogP contribution in [0, 0.1) is 5.92 Å². The highest BCUT2D eigenvalue weighted by Crippen LogP contribution is 2.35. The van der Waals surface area contributed by atoms with Crippen LogP contribution in [-0.4, -0.2) is 24.3 Å². The number of carbonyl (C=O) groups is 1. The normalized spacial score (nSPS) is 22.4. The second-order valence-electron chi connectivity index (χ2n) is 5.47. The summed E-state index contributed by atoms with van der Waals surface area (Å²) >= 11 is 0. The zero-order valence-corrected chi connectivity index (χ0v) is 11.8. The summed E-state index contributed by atoms with van der Waals surface area (Å²) in [7, 11) is 0. The topological polar surface area (TPSA) is 46.5 Å². The molecule has 1 aromatic rings. The lowest BCUT2D eigenvalue weighted by Gasteiger charge is -2.28. The molecule has 0 heterocycles. The molecule has 3 nitrogen and oxygen atoms in total. The number of carboxylic acid groups (broad SMARTS) is 1. The Morgan fingerprint density at radius 1 is 1.25 bits per heavy atom. The zero-order chi connectivity index (χ0) is 14.4. The Balaban J connectivity index is 1.84. The number of rotatable bonds is 6. The Kier molecular flexibility index (Phi) is 5.36. The van der Waals surface area contributed by atoms with Crippen LogP contribution in [0.1, 0.15) is 47.5 Å². The van der Waals surface area contributed by atoms with E-state index in [0.717, 1.165) is 19.4 Å². The molecular weight excluding hydrogens is 252 g/mol. The molecule has 3 heteroatoms. The lowest BCUT2D eigenvalue weighted by Crippen LogP contribution is -2.18. The van der Waals surface area contributed by atoms with Gasteiger partial charge in [-0.15, -0.1) is 6.58 Å². The fraction of sp³-hybridized carbons (Fsp3) is 0.471. The van der Waals surface area contributed by atoms with Gasteiger partial charge in [-0.3, -0.25) is 0 Å². The number of aromatic carboxylic acids is 1. The van der Waals surface area contributed by atoms with Crippen molar-refractivity contribution in [3.8, 4) is 0 Å². The Labute approximate surface area is 120 Å². The molecule has 0 spiro atoms. The Bertz CT molecular complexity index is 442. The largest absolute Gasteiger partial charge is 0.478 e. The summed E-state index contributed by atoms with van der Waals surface area (Å²) in [6.45, 7) is 5.11. The smallest absolute Gasteiger partial charge is 0.335 e. The zero-order valence-electron chi connectivity index (χ0n) is 11.8. The van der Waals surface area contributed by atoms with Crippen LogP contribution in [-0.2, 0) is 4.74 Å². The first-order valence-electron chi connectivity index (χ1n) is 7.22. The summed E-state index contributed by atoms with van der Waals surface area (Å²) in [5, 5.41) is 8.90. The summed E-state index contributed by atoms with van der Waals surface area (Å²) in [5.41, 5.74) is 1.63. The number of hydrogen-bond donors (Lipinski definition) is 1. The molecule has 108 valence electrons. The second kappa shape index (κ2) is 7.25. The molecule has 0 aliphatic heterocycles. The molecule has 0 saturated heterocycles. The summed E-state index contributed by atoms with van der Waals surface area (Å²) < 4.78 is 5.52. The van der Waals surface area contributed by atoms with Crippen molar-refractivity contribution in [2.45, 2.75) is 31.6 Å². The summed E-state index contributed by atoms with van der Waals surface area (Å²) in [5.74, 6) is 0.359. The first kappa shape index (κ1) is 14.8. The fourth-order valence-corrected chi connectivity index (χ4v) is 2.88. The molecule has 1 aromatic carbocycles. The van der Waals surface area contributed by atoms with Gasteiger partial charge in [-0.25, -0.2) is 4.79 Å². The lowest BCUT2D eigenvalue weighted by atomic mass is 9.79. The van der Waals surface area contributed by atoms with Gasteiger partial charge >= 0.3 is 5.97 Å². The van der Waals surface area contributed by atoms with Crippen molar-refractivity contribution in [2.75, 3.05) is 13.2 Å². The van der Waals surface area contributed by atoms with E-state index in [-0.39, 0.29) is 0 Å². The minimum absolute atomic E-state index is 0.361. The second-order valence-corrected chi connectivity index (χ2v) is 5.47. The quantitative estimate of drug-likeness (QED) is 0.633. The molecule has 1 aliphatic carbocycles. The van der Waals surface area contributed by atoms with E-state index in [2.05, 4.69) is 6.58 Å². The van der Waals surface area contributed by atoms with E-state index < -0.39 is 5.97 Å². The molecular formula is C17H22O3. The minimum atomic E-state index is -0.861. The molecule has 0 unspecified atom stereocenters. The number of ether oxygens (including phenoxy) is 1. The molecule has 1 N–H and O–H groups in total. The van der Waals surface area contributed by atoms with Crippen LogP contribution >= 0.6 is 0 Å². The first-order chi connectivity index (χ1) is 9.70. The average Bonchev–Trinajstić information content (AvgIpc) is 2.48. The van der Waals surface area contributed by atoms with Gasteiger partial charge in [0.2, 0.25) is 0 Å². The van der Waals surface area contributed by atoms with Crippen molar-refractivity contribution in [1.29, 1.82) is 0 Å². The first-order valence-corrected chi connectivity index (χ1v) is 7.22. The third-order valence-electron chi connectivity index (χ3n) is 4.07. The molecule has 0 atom stereocenters. The maximum Gasteiger partial charge on any atom is 0.335 e. The Morgan fingerprint density at radius 2 is 1.90 bits per heavy atom. The fourth-order valence-electron chi connectivity index (χ4n) is 2.88. The van der Waals surface area contributed by atoms with Gasteiger partial charge in [0.15, 0.2) is 0 Å². The Morgan fingerprint density at radius 3 is 2.45 bits per heavy atom. The molecule has 0 amide bonds. The van der Waals surface area contributed by atoms with Gasteiger partial charge in [-0.1, -0.05) is 18.2 Å². The molecule has 1 aliphatic rings. The lowest BCUT2D eigenvalue weighted by molar-refractivity contribution is 0.0697. The van der Waals surface area contributed by atoms with Crippen molar-refractivity contribution in [3.63, 3.8) is 0 Å². The monoisotopic (exact) mass is 274 g/mol. The summed E-state index contributed by atoms with van der Waals surface area (Å²) in [6.07, 6.45) is 6.48. The van der Waals surface area contributed by atoms with Gasteiger partial charge in [0.25, 0.3) is 0 Å². The molecule has 20 heavy (non-hydrogen) atoms. The summed E-state index contributed by atoms with van der Waals surface area (Å²) in [6, 6.07) is 7.33.